The predicted molar refractivity (Wildman–Crippen MR) is 93.2 cm³/mol. The second kappa shape index (κ2) is 7.22. The summed E-state index contributed by atoms with van der Waals surface area (Å²) >= 11 is 0. The number of carbonyl (C=O) groups excluding carboxylic acids is 1. The van der Waals surface area contributed by atoms with E-state index >= 15 is 0 Å². The van der Waals surface area contributed by atoms with Gasteiger partial charge in [0, 0.05) is 6.42 Å². The van der Waals surface area contributed by atoms with Crippen LogP contribution in [0.4, 0.5) is 26.3 Å². The van der Waals surface area contributed by atoms with Crippen molar-refractivity contribution in [3.63, 3.8) is 0 Å². The van der Waals surface area contributed by atoms with Gasteiger partial charge in [-0.1, -0.05) is 48.5 Å². The van der Waals surface area contributed by atoms with Crippen LogP contribution in [0.1, 0.15) is 5.56 Å². The third-order valence-electron chi connectivity index (χ3n) is 4.58. The van der Waals surface area contributed by atoms with Gasteiger partial charge >= 0.3 is 23.9 Å². The highest BCUT2D eigenvalue weighted by Gasteiger charge is 2.76. The first-order valence-corrected chi connectivity index (χ1v) is 8.39. The fraction of sp³-hybridized carbons (Fsp3) is 0.250. The number of rotatable bonds is 4. The second-order valence-corrected chi connectivity index (χ2v) is 6.39. The summed E-state index contributed by atoms with van der Waals surface area (Å²) in [5, 5.41) is 12.2. The maximum atomic E-state index is 12.7. The number of fused-ring (bicyclic) bond motifs is 2. The number of carbonyl (C=O) groups is 1. The highest BCUT2D eigenvalue weighted by atomic mass is 19.4. The molecule has 1 N–H and O–H groups in total. The lowest BCUT2D eigenvalue weighted by atomic mass is 9.95. The minimum atomic E-state index is -6.27. The van der Waals surface area contributed by atoms with Crippen LogP contribution < -0.4 is 0 Å². The molecule has 0 heterocycles. The first-order valence-electron chi connectivity index (χ1n) is 8.39. The molecule has 0 saturated heterocycles. The molecule has 0 amide bonds. The Balaban J connectivity index is 1.90. The highest BCUT2D eigenvalue weighted by molar-refractivity contribution is 6.02. The number of hydrogen-bond donors (Lipinski definition) is 1. The van der Waals surface area contributed by atoms with E-state index in [1.807, 2.05) is 18.2 Å². The van der Waals surface area contributed by atoms with E-state index in [0.717, 1.165) is 21.5 Å². The molecule has 0 aliphatic carbocycles. The van der Waals surface area contributed by atoms with Gasteiger partial charge in [-0.2, -0.15) is 26.3 Å². The Hall–Kier alpha value is -2.81. The summed E-state index contributed by atoms with van der Waals surface area (Å²) in [4.78, 5) is 11.6. The average Bonchev–Trinajstić information content (AvgIpc) is 2.64. The third-order valence-corrected chi connectivity index (χ3v) is 4.58. The third kappa shape index (κ3) is 3.62. The van der Waals surface area contributed by atoms with E-state index in [0.29, 0.717) is 5.56 Å². The monoisotopic (exact) mass is 416 g/mol. The molecule has 0 bridgehead atoms. The van der Waals surface area contributed by atoms with Gasteiger partial charge in [0.05, 0.1) is 6.61 Å². The van der Waals surface area contributed by atoms with E-state index < -0.39 is 30.5 Å². The van der Waals surface area contributed by atoms with E-state index in [4.69, 9.17) is 5.11 Å². The van der Waals surface area contributed by atoms with E-state index in [1.54, 1.807) is 36.4 Å². The average molecular weight is 416 g/mol. The van der Waals surface area contributed by atoms with Gasteiger partial charge in [-0.15, -0.1) is 0 Å². The summed E-state index contributed by atoms with van der Waals surface area (Å²) in [6.45, 7) is -0.773. The summed E-state index contributed by atoms with van der Waals surface area (Å²) in [5.41, 5.74) is -4.98. The Bertz CT molecular complexity index is 987. The Morgan fingerprint density at radius 1 is 0.828 bits per heavy atom. The minimum Gasteiger partial charge on any atom is -0.463 e. The molecule has 0 aromatic heterocycles. The molecule has 0 aliphatic rings. The molecule has 9 heteroatoms. The minimum absolute atomic E-state index is 0.139. The van der Waals surface area contributed by atoms with E-state index in [9.17, 15) is 31.1 Å². The fourth-order valence-electron chi connectivity index (χ4n) is 3.12. The second-order valence-electron chi connectivity index (χ2n) is 6.39. The highest BCUT2D eigenvalue weighted by Crippen LogP contribution is 2.43. The van der Waals surface area contributed by atoms with Gasteiger partial charge in [-0.05, 0) is 33.2 Å². The zero-order valence-electron chi connectivity index (χ0n) is 14.6. The molecule has 0 saturated carbocycles. The number of benzene rings is 3. The van der Waals surface area contributed by atoms with Crippen LogP contribution in [-0.2, 0) is 16.0 Å². The van der Waals surface area contributed by atoms with Crippen molar-refractivity contribution in [2.45, 2.75) is 24.4 Å². The van der Waals surface area contributed by atoms with Crippen LogP contribution >= 0.6 is 0 Å². The summed E-state index contributed by atoms with van der Waals surface area (Å²) < 4.78 is 80.7. The zero-order chi connectivity index (χ0) is 21.4. The van der Waals surface area contributed by atoms with Crippen LogP contribution in [0.3, 0.4) is 0 Å². The number of hydrogen-bond acceptors (Lipinski definition) is 3. The molecule has 3 rings (SSSR count). The van der Waals surface area contributed by atoms with Gasteiger partial charge in [-0.3, -0.25) is 0 Å². The van der Waals surface area contributed by atoms with Gasteiger partial charge in [0.25, 0.3) is 0 Å². The molecule has 3 nitrogen and oxygen atoms in total. The first-order chi connectivity index (χ1) is 13.5. The molecule has 0 unspecified atom stereocenters. The Labute approximate surface area is 160 Å². The van der Waals surface area contributed by atoms with E-state index in [2.05, 4.69) is 4.74 Å². The molecule has 0 spiro atoms. The van der Waals surface area contributed by atoms with Crippen molar-refractivity contribution in [2.24, 2.45) is 0 Å². The van der Waals surface area contributed by atoms with Crippen molar-refractivity contribution in [1.82, 2.24) is 0 Å². The largest absolute Gasteiger partial charge is 0.463 e. The fourth-order valence-corrected chi connectivity index (χ4v) is 3.12. The lowest BCUT2D eigenvalue weighted by Gasteiger charge is -2.29. The van der Waals surface area contributed by atoms with Crippen LogP contribution in [-0.4, -0.2) is 35.6 Å². The van der Waals surface area contributed by atoms with Gasteiger partial charge < -0.3 is 9.84 Å². The van der Waals surface area contributed by atoms with Gasteiger partial charge in [0.15, 0.2) is 0 Å². The summed E-state index contributed by atoms with van der Waals surface area (Å²) in [6.07, 6.45) is -12.7. The van der Waals surface area contributed by atoms with Crippen LogP contribution in [0.25, 0.3) is 21.5 Å². The molecule has 0 fully saturated rings. The predicted octanol–water partition coefficient (Wildman–Crippen LogP) is 4.93. The van der Waals surface area contributed by atoms with Gasteiger partial charge in [0.1, 0.15) is 0 Å². The molecule has 154 valence electrons. The number of ether oxygens (including phenoxy) is 1. The molecule has 29 heavy (non-hydrogen) atoms. The van der Waals surface area contributed by atoms with Crippen molar-refractivity contribution in [3.8, 4) is 0 Å². The van der Waals surface area contributed by atoms with E-state index in [-0.39, 0.29) is 6.42 Å². The summed E-state index contributed by atoms with van der Waals surface area (Å²) in [6, 6.07) is 16.1. The van der Waals surface area contributed by atoms with Crippen molar-refractivity contribution in [2.75, 3.05) is 6.61 Å². The first kappa shape index (κ1) is 20.9. The molecule has 0 radical (unpaired) electrons. The van der Waals surface area contributed by atoms with Crippen LogP contribution in [0.2, 0.25) is 0 Å². The Kier molecular flexibility index (Phi) is 5.20. The van der Waals surface area contributed by atoms with Crippen molar-refractivity contribution in [3.05, 3.63) is 60.2 Å². The quantitative estimate of drug-likeness (QED) is 0.373. The van der Waals surface area contributed by atoms with Gasteiger partial charge in [-0.25, -0.2) is 4.79 Å². The maximum absolute atomic E-state index is 12.7. The molecule has 3 aromatic rings. The number of esters is 1. The Morgan fingerprint density at radius 3 is 1.72 bits per heavy atom. The molecule has 0 atom stereocenters. The smallest absolute Gasteiger partial charge is 0.437 e. The molecular weight excluding hydrogens is 402 g/mol. The lowest BCUT2D eigenvalue weighted by molar-refractivity contribution is -0.356. The van der Waals surface area contributed by atoms with E-state index in [1.165, 1.54) is 0 Å². The van der Waals surface area contributed by atoms with Crippen molar-refractivity contribution in [1.29, 1.82) is 0 Å². The number of alkyl halides is 6. The number of aliphatic hydroxyl groups is 1. The van der Waals surface area contributed by atoms with Gasteiger partial charge in [0.2, 0.25) is 0 Å². The molecule has 3 aromatic carbocycles. The maximum Gasteiger partial charge on any atom is 0.437 e. The van der Waals surface area contributed by atoms with Crippen molar-refractivity contribution < 1.29 is 41.0 Å². The number of halogens is 6. The summed E-state index contributed by atoms with van der Waals surface area (Å²) in [7, 11) is 0. The van der Waals surface area contributed by atoms with Crippen LogP contribution in [0.5, 0.6) is 0 Å². The zero-order valence-corrected chi connectivity index (χ0v) is 14.6. The standard InChI is InChI=1S/C20H14F6O3/c21-19(22,23)18(28,20(24,25)26)17(27)29-10-9-16-14-7-3-1-5-12(14)11-13-6-2-4-8-15(13)16/h1-8,11,28H,9-10H2. The molecular formula is C20H14F6O3. The van der Waals surface area contributed by atoms with Crippen molar-refractivity contribution >= 4 is 27.5 Å². The van der Waals surface area contributed by atoms with Crippen LogP contribution in [0.15, 0.2) is 54.6 Å². The Morgan fingerprint density at radius 2 is 1.28 bits per heavy atom. The SMILES string of the molecule is O=C(OCCc1c2ccccc2cc2ccccc12)C(O)(C(F)(F)F)C(F)(F)F. The van der Waals surface area contributed by atoms with Crippen LogP contribution in [0, 0.1) is 0 Å². The lowest BCUT2D eigenvalue weighted by Crippen LogP contribution is -2.63. The summed E-state index contributed by atoms with van der Waals surface area (Å²) in [5.74, 6) is -2.80. The molecule has 0 aliphatic heterocycles. The normalized spacial score (nSPS) is 13.1. The topological polar surface area (TPSA) is 46.5 Å².